The molecule has 0 aliphatic carbocycles. The molecular weight excluding hydrogens is 477 g/mol. The van der Waals surface area contributed by atoms with Crippen LogP contribution in [0.1, 0.15) is 15.9 Å². The highest BCUT2D eigenvalue weighted by Gasteiger charge is 2.23. The number of thiazole rings is 1. The Morgan fingerprint density at radius 2 is 1.75 bits per heavy atom. The maximum atomic E-state index is 13.8. The SMILES string of the molecule is O=C(c1cccc2ccccc12)N(/N=C/c1coc2ccccc2c1=O)c1nc2ccc(F)cc2s1. The molecule has 0 bridgehead atoms. The van der Waals surface area contributed by atoms with Crippen molar-refractivity contribution in [3.63, 3.8) is 0 Å². The van der Waals surface area contributed by atoms with E-state index in [4.69, 9.17) is 4.42 Å². The summed E-state index contributed by atoms with van der Waals surface area (Å²) < 4.78 is 20.0. The second-order valence-electron chi connectivity index (χ2n) is 8.01. The Bertz CT molecular complexity index is 1870. The first-order chi connectivity index (χ1) is 17.6. The van der Waals surface area contributed by atoms with E-state index >= 15 is 0 Å². The predicted molar refractivity (Wildman–Crippen MR) is 140 cm³/mol. The number of rotatable bonds is 4. The largest absolute Gasteiger partial charge is 0.463 e. The standard InChI is InChI=1S/C28H16FN3O3S/c29-19-12-13-23-25(14-19)36-28(31-23)32(27(34)21-10-5-7-17-6-1-2-8-20(17)21)30-15-18-16-35-24-11-4-3-9-22(24)26(18)33/h1-16H/b30-15+. The maximum absolute atomic E-state index is 13.8. The van der Waals surface area contributed by atoms with Crippen LogP contribution in [0.3, 0.4) is 0 Å². The van der Waals surface area contributed by atoms with Gasteiger partial charge in [0.05, 0.1) is 27.4 Å². The molecule has 1 amide bonds. The van der Waals surface area contributed by atoms with Gasteiger partial charge in [0.15, 0.2) is 0 Å². The predicted octanol–water partition coefficient (Wildman–Crippen LogP) is 6.38. The molecule has 174 valence electrons. The zero-order chi connectivity index (χ0) is 24.6. The molecule has 0 atom stereocenters. The quantitative estimate of drug-likeness (QED) is 0.211. The van der Waals surface area contributed by atoms with Crippen molar-refractivity contribution in [2.24, 2.45) is 5.10 Å². The highest BCUT2D eigenvalue weighted by atomic mass is 32.1. The Morgan fingerprint density at radius 3 is 2.64 bits per heavy atom. The summed E-state index contributed by atoms with van der Waals surface area (Å²) in [5.74, 6) is -0.838. The van der Waals surface area contributed by atoms with E-state index in [-0.39, 0.29) is 16.1 Å². The summed E-state index contributed by atoms with van der Waals surface area (Å²) in [4.78, 5) is 31.3. The van der Waals surface area contributed by atoms with Crippen LogP contribution in [-0.2, 0) is 0 Å². The van der Waals surface area contributed by atoms with Gasteiger partial charge in [0.25, 0.3) is 5.91 Å². The fraction of sp³-hybridized carbons (Fsp3) is 0. The topological polar surface area (TPSA) is 75.8 Å². The van der Waals surface area contributed by atoms with Crippen LogP contribution in [0, 0.1) is 5.82 Å². The first-order valence-corrected chi connectivity index (χ1v) is 11.8. The number of carbonyl (C=O) groups is 1. The van der Waals surface area contributed by atoms with Crippen molar-refractivity contribution in [2.75, 3.05) is 5.01 Å². The summed E-state index contributed by atoms with van der Waals surface area (Å²) in [5.41, 5.74) is 1.31. The van der Waals surface area contributed by atoms with Crippen molar-refractivity contribution < 1.29 is 13.6 Å². The molecule has 2 heterocycles. The van der Waals surface area contributed by atoms with E-state index in [0.717, 1.165) is 27.1 Å². The molecule has 0 N–H and O–H groups in total. The molecule has 0 saturated carbocycles. The molecule has 0 radical (unpaired) electrons. The number of carbonyl (C=O) groups excluding carboxylic acids is 1. The molecule has 0 unspecified atom stereocenters. The van der Waals surface area contributed by atoms with Gasteiger partial charge < -0.3 is 4.42 Å². The van der Waals surface area contributed by atoms with Crippen LogP contribution in [0.2, 0.25) is 0 Å². The summed E-state index contributed by atoms with van der Waals surface area (Å²) in [6.45, 7) is 0. The van der Waals surface area contributed by atoms with Gasteiger partial charge in [-0.1, -0.05) is 59.9 Å². The minimum absolute atomic E-state index is 0.177. The van der Waals surface area contributed by atoms with Gasteiger partial charge in [-0.05, 0) is 47.2 Å². The van der Waals surface area contributed by atoms with Crippen LogP contribution >= 0.6 is 11.3 Å². The van der Waals surface area contributed by atoms with Gasteiger partial charge >= 0.3 is 0 Å². The lowest BCUT2D eigenvalue weighted by Crippen LogP contribution is -2.26. The Morgan fingerprint density at radius 1 is 0.972 bits per heavy atom. The fourth-order valence-electron chi connectivity index (χ4n) is 3.99. The van der Waals surface area contributed by atoms with E-state index in [1.165, 1.54) is 24.6 Å². The average molecular weight is 494 g/mol. The van der Waals surface area contributed by atoms with Crippen molar-refractivity contribution >= 4 is 60.5 Å². The third-order valence-corrected chi connectivity index (χ3v) is 6.75. The van der Waals surface area contributed by atoms with Crippen LogP contribution < -0.4 is 10.4 Å². The van der Waals surface area contributed by atoms with E-state index in [1.807, 2.05) is 30.3 Å². The molecule has 0 fully saturated rings. The smallest absolute Gasteiger partial charge is 0.281 e. The number of halogens is 1. The molecule has 0 saturated heterocycles. The number of hydrogen-bond acceptors (Lipinski definition) is 6. The lowest BCUT2D eigenvalue weighted by atomic mass is 10.0. The molecule has 0 aliphatic rings. The lowest BCUT2D eigenvalue weighted by molar-refractivity contribution is 0.0989. The van der Waals surface area contributed by atoms with Gasteiger partial charge in [-0.2, -0.15) is 10.1 Å². The molecule has 6 aromatic rings. The van der Waals surface area contributed by atoms with Crippen LogP contribution in [0.25, 0.3) is 32.0 Å². The van der Waals surface area contributed by atoms with Gasteiger partial charge in [0.1, 0.15) is 17.7 Å². The Hall–Kier alpha value is -4.69. The van der Waals surface area contributed by atoms with Gasteiger partial charge in [0.2, 0.25) is 10.6 Å². The zero-order valence-electron chi connectivity index (χ0n) is 18.6. The lowest BCUT2D eigenvalue weighted by Gasteiger charge is -2.15. The first kappa shape index (κ1) is 21.8. The van der Waals surface area contributed by atoms with Gasteiger partial charge in [-0.3, -0.25) is 9.59 Å². The number of nitrogens with zero attached hydrogens (tertiary/aromatic N) is 3. The van der Waals surface area contributed by atoms with Crippen molar-refractivity contribution in [1.82, 2.24) is 4.98 Å². The van der Waals surface area contributed by atoms with Crippen LogP contribution in [0.5, 0.6) is 0 Å². The van der Waals surface area contributed by atoms with E-state index in [0.29, 0.717) is 26.7 Å². The van der Waals surface area contributed by atoms with Crippen LogP contribution in [0.4, 0.5) is 9.52 Å². The average Bonchev–Trinajstić information content (AvgIpc) is 3.32. The number of fused-ring (bicyclic) bond motifs is 3. The number of aromatic nitrogens is 1. The molecule has 8 heteroatoms. The number of amides is 1. The van der Waals surface area contributed by atoms with Crippen molar-refractivity contribution in [3.8, 4) is 0 Å². The third-order valence-electron chi connectivity index (χ3n) is 5.75. The van der Waals surface area contributed by atoms with E-state index in [9.17, 15) is 14.0 Å². The zero-order valence-corrected chi connectivity index (χ0v) is 19.4. The molecule has 4 aromatic carbocycles. The second kappa shape index (κ2) is 8.83. The maximum Gasteiger partial charge on any atom is 0.281 e. The van der Waals surface area contributed by atoms with E-state index in [1.54, 1.807) is 42.5 Å². The highest BCUT2D eigenvalue weighted by molar-refractivity contribution is 7.22. The number of para-hydroxylation sites is 1. The second-order valence-corrected chi connectivity index (χ2v) is 9.02. The summed E-state index contributed by atoms with van der Waals surface area (Å²) in [6, 6.07) is 24.1. The molecule has 6 rings (SSSR count). The highest BCUT2D eigenvalue weighted by Crippen LogP contribution is 2.31. The fourth-order valence-corrected chi connectivity index (χ4v) is 4.94. The molecule has 0 spiro atoms. The molecule has 2 aromatic heterocycles. The molecular formula is C28H16FN3O3S. The van der Waals surface area contributed by atoms with Crippen LogP contribution in [0.15, 0.2) is 106 Å². The van der Waals surface area contributed by atoms with Crippen molar-refractivity contribution in [3.05, 3.63) is 118 Å². The molecule has 36 heavy (non-hydrogen) atoms. The Kier molecular flexibility index (Phi) is 5.35. The van der Waals surface area contributed by atoms with Crippen molar-refractivity contribution in [1.29, 1.82) is 0 Å². The Balaban J connectivity index is 1.49. The summed E-state index contributed by atoms with van der Waals surface area (Å²) in [7, 11) is 0. The molecule has 6 nitrogen and oxygen atoms in total. The monoisotopic (exact) mass is 493 g/mol. The van der Waals surface area contributed by atoms with Gasteiger partial charge in [0, 0.05) is 5.56 Å². The first-order valence-electron chi connectivity index (χ1n) is 11.0. The number of hydrazone groups is 1. The van der Waals surface area contributed by atoms with Gasteiger partial charge in [-0.15, -0.1) is 0 Å². The summed E-state index contributed by atoms with van der Waals surface area (Å²) in [6.07, 6.45) is 2.59. The normalized spacial score (nSPS) is 11.6. The summed E-state index contributed by atoms with van der Waals surface area (Å²) >= 11 is 1.13. The minimum Gasteiger partial charge on any atom is -0.463 e. The van der Waals surface area contributed by atoms with Gasteiger partial charge in [-0.25, -0.2) is 9.37 Å². The van der Waals surface area contributed by atoms with E-state index < -0.39 is 11.7 Å². The van der Waals surface area contributed by atoms with Crippen LogP contribution in [-0.4, -0.2) is 17.1 Å². The Labute approximate surface area is 207 Å². The minimum atomic E-state index is -0.437. The third kappa shape index (κ3) is 3.83. The molecule has 0 aliphatic heterocycles. The van der Waals surface area contributed by atoms with Crippen molar-refractivity contribution in [2.45, 2.75) is 0 Å². The number of anilines is 1. The van der Waals surface area contributed by atoms with E-state index in [2.05, 4.69) is 10.1 Å². The summed E-state index contributed by atoms with van der Waals surface area (Å²) in [5, 5.41) is 7.82. The number of benzene rings is 4. The number of hydrogen-bond donors (Lipinski definition) is 0.